The molecule has 0 spiro atoms. The van der Waals surface area contributed by atoms with Gasteiger partial charge in [0.25, 0.3) is 0 Å². The van der Waals surface area contributed by atoms with Crippen molar-refractivity contribution in [1.82, 2.24) is 0 Å². The van der Waals surface area contributed by atoms with Crippen LogP contribution in [-0.4, -0.2) is 11.8 Å². The van der Waals surface area contributed by atoms with Gasteiger partial charge in [-0.2, -0.15) is 0 Å². The van der Waals surface area contributed by atoms with E-state index in [-0.39, 0.29) is 12.0 Å². The van der Waals surface area contributed by atoms with E-state index >= 15 is 0 Å². The molecule has 0 radical (unpaired) electrons. The van der Waals surface area contributed by atoms with Crippen LogP contribution in [0.5, 0.6) is 0 Å². The van der Waals surface area contributed by atoms with E-state index in [2.05, 4.69) is 37.4 Å². The first kappa shape index (κ1) is 12.7. The molecule has 2 aliphatic rings. The van der Waals surface area contributed by atoms with Crippen LogP contribution >= 0.6 is 0 Å². The summed E-state index contributed by atoms with van der Waals surface area (Å²) in [6.45, 7) is 4.57. The number of rotatable bonds is 2. The van der Waals surface area contributed by atoms with Crippen molar-refractivity contribution in [1.29, 1.82) is 0 Å². The average Bonchev–Trinajstić information content (AvgIpc) is 2.80. The van der Waals surface area contributed by atoms with E-state index in [1.165, 1.54) is 12.0 Å². The first-order valence-corrected chi connectivity index (χ1v) is 7.51. The van der Waals surface area contributed by atoms with Gasteiger partial charge in [0, 0.05) is 18.0 Å². The van der Waals surface area contributed by atoms with Crippen molar-refractivity contribution in [3.8, 4) is 0 Å². The Bertz CT molecular complexity index is 447. The highest BCUT2D eigenvalue weighted by Gasteiger charge is 2.35. The van der Waals surface area contributed by atoms with E-state index in [0.717, 1.165) is 24.9 Å². The van der Waals surface area contributed by atoms with Crippen molar-refractivity contribution >= 4 is 11.5 Å². The van der Waals surface area contributed by atoms with Crippen molar-refractivity contribution in [2.45, 2.75) is 45.6 Å². The first-order chi connectivity index (χ1) is 9.13. The van der Waals surface area contributed by atoms with Crippen molar-refractivity contribution in [3.05, 3.63) is 29.8 Å². The van der Waals surface area contributed by atoms with Crippen LogP contribution in [0.2, 0.25) is 0 Å². The fourth-order valence-electron chi connectivity index (χ4n) is 3.93. The monoisotopic (exact) mass is 257 g/mol. The molecule has 2 heteroatoms. The van der Waals surface area contributed by atoms with Crippen LogP contribution in [-0.2, 0) is 11.2 Å². The molecule has 1 fully saturated rings. The maximum absolute atomic E-state index is 12.7. The van der Waals surface area contributed by atoms with Crippen molar-refractivity contribution in [3.63, 3.8) is 0 Å². The lowest BCUT2D eigenvalue weighted by Gasteiger charge is -2.31. The highest BCUT2D eigenvalue weighted by molar-refractivity contribution is 5.91. The lowest BCUT2D eigenvalue weighted by molar-refractivity contribution is -0.125. The highest BCUT2D eigenvalue weighted by atomic mass is 16.1. The molecule has 0 amide bonds. The second-order valence-electron chi connectivity index (χ2n) is 6.57. The molecule has 3 rings (SSSR count). The molecule has 1 N–H and O–H groups in total. The number of Topliss-reactive ketones (excluding diaryl/α,β-unsaturated/α-hetero) is 1. The van der Waals surface area contributed by atoms with Crippen molar-refractivity contribution in [2.24, 2.45) is 17.8 Å². The minimum Gasteiger partial charge on any atom is -0.375 e. The zero-order chi connectivity index (χ0) is 13.4. The standard InChI is InChI=1S/C17H23NO/c1-11-7-12(2)9-14(8-11)17(19)16-10-13-5-3-4-6-15(13)18-16/h3-6,11-12,14,16,18H,7-10H2,1-2H3. The molecule has 0 saturated heterocycles. The highest BCUT2D eigenvalue weighted by Crippen LogP contribution is 2.36. The van der Waals surface area contributed by atoms with Gasteiger partial charge < -0.3 is 5.32 Å². The second kappa shape index (κ2) is 4.99. The largest absolute Gasteiger partial charge is 0.375 e. The number of para-hydroxylation sites is 1. The van der Waals surface area contributed by atoms with Gasteiger partial charge in [-0.3, -0.25) is 4.79 Å². The SMILES string of the molecule is CC1CC(C)CC(C(=O)C2Cc3ccccc3N2)C1. The molecule has 3 atom stereocenters. The molecule has 0 bridgehead atoms. The third-order valence-corrected chi connectivity index (χ3v) is 4.70. The number of anilines is 1. The summed E-state index contributed by atoms with van der Waals surface area (Å²) in [6, 6.07) is 8.30. The normalized spacial score (nSPS) is 33.6. The van der Waals surface area contributed by atoms with E-state index in [1.54, 1.807) is 0 Å². The van der Waals surface area contributed by atoms with Crippen LogP contribution < -0.4 is 5.32 Å². The molecule has 3 unspecified atom stereocenters. The Morgan fingerprint density at radius 2 is 1.79 bits per heavy atom. The lowest BCUT2D eigenvalue weighted by Crippen LogP contribution is -2.36. The molecule has 1 aliphatic heterocycles. The van der Waals surface area contributed by atoms with Crippen LogP contribution in [0.1, 0.15) is 38.7 Å². The molecule has 1 aromatic rings. The molecule has 1 aliphatic carbocycles. The molecular weight excluding hydrogens is 234 g/mol. The zero-order valence-electron chi connectivity index (χ0n) is 11.9. The number of hydrogen-bond donors (Lipinski definition) is 1. The van der Waals surface area contributed by atoms with E-state index in [1.807, 2.05) is 6.07 Å². The van der Waals surface area contributed by atoms with E-state index in [0.29, 0.717) is 17.6 Å². The fraction of sp³-hybridized carbons (Fsp3) is 0.588. The smallest absolute Gasteiger partial charge is 0.158 e. The predicted molar refractivity (Wildman–Crippen MR) is 78.2 cm³/mol. The van der Waals surface area contributed by atoms with Crippen LogP contribution in [0, 0.1) is 17.8 Å². The Labute approximate surface area is 115 Å². The van der Waals surface area contributed by atoms with Crippen LogP contribution in [0.25, 0.3) is 0 Å². The van der Waals surface area contributed by atoms with Gasteiger partial charge in [-0.25, -0.2) is 0 Å². The Morgan fingerprint density at radius 1 is 1.11 bits per heavy atom. The Hall–Kier alpha value is -1.31. The molecule has 19 heavy (non-hydrogen) atoms. The number of benzene rings is 1. The van der Waals surface area contributed by atoms with Gasteiger partial charge in [0.2, 0.25) is 0 Å². The van der Waals surface area contributed by atoms with Crippen LogP contribution in [0.4, 0.5) is 5.69 Å². The molecule has 0 aromatic heterocycles. The minimum absolute atomic E-state index is 0.0138. The minimum atomic E-state index is 0.0138. The topological polar surface area (TPSA) is 29.1 Å². The van der Waals surface area contributed by atoms with E-state index in [9.17, 15) is 4.79 Å². The van der Waals surface area contributed by atoms with Gasteiger partial charge in [0.15, 0.2) is 5.78 Å². The van der Waals surface area contributed by atoms with Gasteiger partial charge in [-0.15, -0.1) is 0 Å². The molecule has 1 heterocycles. The van der Waals surface area contributed by atoms with Crippen molar-refractivity contribution < 1.29 is 4.79 Å². The Morgan fingerprint density at radius 3 is 2.47 bits per heavy atom. The molecular formula is C17H23NO. The summed E-state index contributed by atoms with van der Waals surface area (Å²) in [5.74, 6) is 2.10. The van der Waals surface area contributed by atoms with Gasteiger partial charge in [0.1, 0.15) is 0 Å². The van der Waals surface area contributed by atoms with E-state index in [4.69, 9.17) is 0 Å². The summed E-state index contributed by atoms with van der Waals surface area (Å²) in [4.78, 5) is 12.7. The summed E-state index contributed by atoms with van der Waals surface area (Å²) in [5, 5.41) is 3.41. The average molecular weight is 257 g/mol. The van der Waals surface area contributed by atoms with Gasteiger partial charge in [0.05, 0.1) is 6.04 Å². The summed E-state index contributed by atoms with van der Waals surface area (Å²) >= 11 is 0. The number of fused-ring (bicyclic) bond motifs is 1. The molecule has 1 saturated carbocycles. The second-order valence-corrected chi connectivity index (χ2v) is 6.57. The molecule has 102 valence electrons. The molecule has 2 nitrogen and oxygen atoms in total. The summed E-state index contributed by atoms with van der Waals surface area (Å²) in [6.07, 6.45) is 4.31. The quantitative estimate of drug-likeness (QED) is 0.876. The maximum atomic E-state index is 12.7. The Balaban J connectivity index is 1.69. The number of ketones is 1. The fourth-order valence-corrected chi connectivity index (χ4v) is 3.93. The summed E-state index contributed by atoms with van der Waals surface area (Å²) in [7, 11) is 0. The number of carbonyl (C=O) groups is 1. The third kappa shape index (κ3) is 2.54. The van der Waals surface area contributed by atoms with Crippen LogP contribution in [0.15, 0.2) is 24.3 Å². The van der Waals surface area contributed by atoms with Crippen molar-refractivity contribution in [2.75, 3.05) is 5.32 Å². The summed E-state index contributed by atoms with van der Waals surface area (Å²) in [5.41, 5.74) is 2.44. The maximum Gasteiger partial charge on any atom is 0.158 e. The first-order valence-electron chi connectivity index (χ1n) is 7.51. The Kier molecular flexibility index (Phi) is 3.34. The summed E-state index contributed by atoms with van der Waals surface area (Å²) < 4.78 is 0. The zero-order valence-corrected chi connectivity index (χ0v) is 11.9. The van der Waals surface area contributed by atoms with Crippen LogP contribution in [0.3, 0.4) is 0 Å². The number of hydrogen-bond acceptors (Lipinski definition) is 2. The van der Waals surface area contributed by atoms with E-state index < -0.39 is 0 Å². The third-order valence-electron chi connectivity index (χ3n) is 4.70. The molecule has 1 aromatic carbocycles. The van der Waals surface area contributed by atoms with Gasteiger partial charge >= 0.3 is 0 Å². The lowest BCUT2D eigenvalue weighted by atomic mass is 9.74. The van der Waals surface area contributed by atoms with Gasteiger partial charge in [-0.05, 0) is 42.7 Å². The number of carbonyl (C=O) groups excluding carboxylic acids is 1. The van der Waals surface area contributed by atoms with Gasteiger partial charge in [-0.1, -0.05) is 32.0 Å². The predicted octanol–water partition coefficient (Wildman–Crippen LogP) is 3.66. The number of nitrogens with one attached hydrogen (secondary N) is 1.